The van der Waals surface area contributed by atoms with Gasteiger partial charge in [0.05, 0.1) is 17.8 Å². The van der Waals surface area contributed by atoms with Crippen molar-refractivity contribution in [2.45, 2.75) is 44.9 Å². The lowest BCUT2D eigenvalue weighted by Crippen LogP contribution is -2.14. The number of nitrogens with one attached hydrogen (secondary N) is 1. The molecule has 0 spiro atoms. The number of halogens is 1. The van der Waals surface area contributed by atoms with Crippen LogP contribution in [0.4, 0.5) is 10.3 Å². The van der Waals surface area contributed by atoms with Gasteiger partial charge in [-0.25, -0.2) is 14.4 Å². The van der Waals surface area contributed by atoms with Crippen molar-refractivity contribution in [3.8, 4) is 11.1 Å². The van der Waals surface area contributed by atoms with Crippen LogP contribution in [0.15, 0.2) is 47.4 Å². The molecule has 1 N–H and O–H groups in total. The molecule has 1 saturated carbocycles. The molecule has 9 heteroatoms. The first-order valence-electron chi connectivity index (χ1n) is 11.1. The fourth-order valence-electron chi connectivity index (χ4n) is 3.87. The van der Waals surface area contributed by atoms with Crippen molar-refractivity contribution in [3.63, 3.8) is 0 Å². The van der Waals surface area contributed by atoms with E-state index in [0.29, 0.717) is 28.9 Å². The molecule has 1 aliphatic rings. The summed E-state index contributed by atoms with van der Waals surface area (Å²) in [4.78, 5) is 21.2. The van der Waals surface area contributed by atoms with Gasteiger partial charge in [0.2, 0.25) is 11.8 Å². The van der Waals surface area contributed by atoms with E-state index in [1.54, 1.807) is 35.3 Å². The van der Waals surface area contributed by atoms with Crippen LogP contribution in [-0.2, 0) is 30.1 Å². The predicted molar refractivity (Wildman–Crippen MR) is 124 cm³/mol. The Bertz CT molecular complexity index is 1350. The monoisotopic (exact) mass is 460 g/mol. The number of aryl methyl sites for hydroxylation is 2. The van der Waals surface area contributed by atoms with Crippen LogP contribution in [0.1, 0.15) is 48.1 Å². The summed E-state index contributed by atoms with van der Waals surface area (Å²) in [5.41, 5.74) is 4.52. The Hall–Kier alpha value is -3.88. The number of carbonyl (C=O) groups excluding carboxylic acids is 1. The van der Waals surface area contributed by atoms with Crippen LogP contribution in [0.2, 0.25) is 0 Å². The molecule has 0 aliphatic heterocycles. The van der Waals surface area contributed by atoms with Gasteiger partial charge in [0.25, 0.3) is 0 Å². The maximum Gasteiger partial charge on any atom is 0.231 e. The lowest BCUT2D eigenvalue weighted by atomic mass is 10.0. The Morgan fingerprint density at radius 1 is 1.18 bits per heavy atom. The molecule has 0 saturated heterocycles. The molecule has 3 heterocycles. The van der Waals surface area contributed by atoms with E-state index < -0.39 is 5.82 Å². The van der Waals surface area contributed by atoms with Crippen LogP contribution < -0.4 is 5.32 Å². The van der Waals surface area contributed by atoms with Gasteiger partial charge in [-0.15, -0.1) is 0 Å². The summed E-state index contributed by atoms with van der Waals surface area (Å²) in [6.07, 6.45) is 7.89. The molecule has 1 fully saturated rings. The topological polar surface area (TPSA) is 98.7 Å². The van der Waals surface area contributed by atoms with E-state index in [1.807, 2.05) is 20.2 Å². The zero-order chi connectivity index (χ0) is 23.9. The van der Waals surface area contributed by atoms with E-state index >= 15 is 0 Å². The summed E-state index contributed by atoms with van der Waals surface area (Å²) in [5.74, 6) is 0.115. The lowest BCUT2D eigenvalue weighted by molar-refractivity contribution is -0.115. The number of hydrogen-bond acceptors (Lipinski definition) is 6. The Labute approximate surface area is 196 Å². The fraction of sp³-hybridized carbons (Fsp3) is 0.320. The molecule has 8 nitrogen and oxygen atoms in total. The SMILES string of the molecule is Cc1nn(C)cc1Cc1ncc(-c2ccc(CC(=O)Nc3cc(C4(C)CC4)no3)c(F)c2)cn1. The second-order valence-electron chi connectivity index (χ2n) is 9.15. The summed E-state index contributed by atoms with van der Waals surface area (Å²) in [6, 6.07) is 6.50. The van der Waals surface area contributed by atoms with Gasteiger partial charge in [-0.2, -0.15) is 5.10 Å². The van der Waals surface area contributed by atoms with Crippen molar-refractivity contribution in [2.75, 3.05) is 5.32 Å². The zero-order valence-corrected chi connectivity index (χ0v) is 19.3. The third kappa shape index (κ3) is 4.59. The number of hydrogen-bond donors (Lipinski definition) is 1. The minimum absolute atomic E-state index is 0.0496. The van der Waals surface area contributed by atoms with E-state index in [-0.39, 0.29) is 23.6 Å². The number of aromatic nitrogens is 5. The highest BCUT2D eigenvalue weighted by atomic mass is 19.1. The van der Waals surface area contributed by atoms with Crippen molar-refractivity contribution < 1.29 is 13.7 Å². The molecule has 0 radical (unpaired) electrons. The number of rotatable bonds is 7. The van der Waals surface area contributed by atoms with E-state index in [0.717, 1.165) is 29.8 Å². The third-order valence-electron chi connectivity index (χ3n) is 6.30. The molecule has 1 amide bonds. The molecular weight excluding hydrogens is 435 g/mol. The van der Waals surface area contributed by atoms with Crippen molar-refractivity contribution in [1.82, 2.24) is 24.9 Å². The second-order valence-corrected chi connectivity index (χ2v) is 9.15. The first kappa shape index (κ1) is 21.9. The number of amides is 1. The van der Waals surface area contributed by atoms with E-state index in [9.17, 15) is 9.18 Å². The third-order valence-corrected chi connectivity index (χ3v) is 6.30. The van der Waals surface area contributed by atoms with Gasteiger partial charge in [-0.1, -0.05) is 24.2 Å². The van der Waals surface area contributed by atoms with Crippen molar-refractivity contribution >= 4 is 11.8 Å². The van der Waals surface area contributed by atoms with Crippen LogP contribution >= 0.6 is 0 Å². The molecule has 1 aromatic carbocycles. The Kier molecular flexibility index (Phi) is 5.47. The van der Waals surface area contributed by atoms with E-state index in [1.165, 1.54) is 6.07 Å². The molecule has 34 heavy (non-hydrogen) atoms. The van der Waals surface area contributed by atoms with Crippen molar-refractivity contribution in [2.24, 2.45) is 7.05 Å². The maximum atomic E-state index is 14.8. The second kappa shape index (κ2) is 8.48. The largest absolute Gasteiger partial charge is 0.338 e. The van der Waals surface area contributed by atoms with Gasteiger partial charge >= 0.3 is 0 Å². The molecule has 0 atom stereocenters. The van der Waals surface area contributed by atoms with E-state index in [4.69, 9.17) is 4.52 Å². The Balaban J connectivity index is 1.23. The minimum Gasteiger partial charge on any atom is -0.338 e. The smallest absolute Gasteiger partial charge is 0.231 e. The average Bonchev–Trinajstić information content (AvgIpc) is 3.22. The number of anilines is 1. The van der Waals surface area contributed by atoms with Gasteiger partial charge in [-0.3, -0.25) is 14.8 Å². The number of nitrogens with zero attached hydrogens (tertiary/aromatic N) is 5. The highest BCUT2D eigenvalue weighted by molar-refractivity contribution is 5.91. The normalized spacial score (nSPS) is 14.2. The molecular formula is C25H25FN6O2. The highest BCUT2D eigenvalue weighted by Gasteiger charge is 2.42. The summed E-state index contributed by atoms with van der Waals surface area (Å²) in [5, 5.41) is 11.0. The van der Waals surface area contributed by atoms with Crippen LogP contribution in [-0.4, -0.2) is 30.8 Å². The van der Waals surface area contributed by atoms with E-state index in [2.05, 4.69) is 32.5 Å². The Morgan fingerprint density at radius 2 is 1.94 bits per heavy atom. The molecule has 0 unspecified atom stereocenters. The van der Waals surface area contributed by atoms with Gasteiger partial charge < -0.3 is 4.52 Å². The van der Waals surface area contributed by atoms with Gasteiger partial charge in [0.1, 0.15) is 11.6 Å². The summed E-state index contributed by atoms with van der Waals surface area (Å²) < 4.78 is 21.7. The molecule has 3 aromatic heterocycles. The van der Waals surface area contributed by atoms with Gasteiger partial charge in [-0.05, 0) is 37.0 Å². The number of carbonyl (C=O) groups is 1. The summed E-state index contributed by atoms with van der Waals surface area (Å²) in [7, 11) is 1.88. The highest BCUT2D eigenvalue weighted by Crippen LogP contribution is 2.47. The summed E-state index contributed by atoms with van der Waals surface area (Å²) >= 11 is 0. The standard InChI is InChI=1S/C25H25FN6O2/c1-15-18(14-32(3)30-15)9-22-27-12-19(13-28-22)16-4-5-17(20(26)8-16)10-23(33)29-24-11-21(31-34-24)25(2)6-7-25/h4-5,8,11-14H,6-7,9-10H2,1-3H3,(H,29,33). The molecule has 4 aromatic rings. The quantitative estimate of drug-likeness (QED) is 0.445. The lowest BCUT2D eigenvalue weighted by Gasteiger charge is -2.07. The predicted octanol–water partition coefficient (Wildman–Crippen LogP) is 4.14. The van der Waals surface area contributed by atoms with Crippen LogP contribution in [0.25, 0.3) is 11.1 Å². The Morgan fingerprint density at radius 3 is 2.59 bits per heavy atom. The van der Waals surface area contributed by atoms with Crippen LogP contribution in [0.3, 0.4) is 0 Å². The maximum absolute atomic E-state index is 14.8. The summed E-state index contributed by atoms with van der Waals surface area (Å²) in [6.45, 7) is 4.05. The van der Waals surface area contributed by atoms with Crippen molar-refractivity contribution in [1.29, 1.82) is 0 Å². The van der Waals surface area contributed by atoms with Crippen LogP contribution in [0, 0.1) is 12.7 Å². The minimum atomic E-state index is -0.466. The molecule has 174 valence electrons. The molecule has 5 rings (SSSR count). The van der Waals surface area contributed by atoms with Crippen molar-refractivity contribution in [3.05, 3.63) is 77.0 Å². The first-order chi connectivity index (χ1) is 16.3. The number of benzene rings is 1. The zero-order valence-electron chi connectivity index (χ0n) is 19.3. The molecule has 0 bridgehead atoms. The first-order valence-corrected chi connectivity index (χ1v) is 11.1. The fourth-order valence-corrected chi connectivity index (χ4v) is 3.87. The van der Waals surface area contributed by atoms with Gasteiger partial charge in [0, 0.05) is 54.7 Å². The average molecular weight is 461 g/mol. The molecule has 1 aliphatic carbocycles. The van der Waals surface area contributed by atoms with Gasteiger partial charge in [0.15, 0.2) is 0 Å². The van der Waals surface area contributed by atoms with Crippen LogP contribution in [0.5, 0.6) is 0 Å².